The summed E-state index contributed by atoms with van der Waals surface area (Å²) >= 11 is 0. The average molecular weight is 330 g/mol. The van der Waals surface area contributed by atoms with Crippen molar-refractivity contribution in [2.24, 2.45) is 0 Å². The van der Waals surface area contributed by atoms with E-state index in [0.717, 1.165) is 5.56 Å². The maximum atomic E-state index is 11.9. The lowest BCUT2D eigenvalue weighted by Gasteiger charge is -2.25. The fraction of sp³-hybridized carbons (Fsp3) is 0.316. The van der Waals surface area contributed by atoms with Gasteiger partial charge in [0.1, 0.15) is 18.1 Å². The second-order valence-corrected chi connectivity index (χ2v) is 5.66. The molecular formula is C19H22O5. The Hall–Kier alpha value is -2.53. The highest BCUT2D eigenvalue weighted by Gasteiger charge is 2.20. The van der Waals surface area contributed by atoms with Crippen LogP contribution in [0, 0.1) is 0 Å². The molecule has 0 spiro atoms. The van der Waals surface area contributed by atoms with Gasteiger partial charge >= 0.3 is 5.97 Å². The molecule has 0 saturated carbocycles. The average Bonchev–Trinajstić information content (AvgIpc) is 2.59. The van der Waals surface area contributed by atoms with E-state index in [-0.39, 0.29) is 0 Å². The van der Waals surface area contributed by atoms with E-state index < -0.39 is 11.8 Å². The van der Waals surface area contributed by atoms with Crippen LogP contribution in [0.4, 0.5) is 0 Å². The molecule has 0 aliphatic rings. The van der Waals surface area contributed by atoms with Crippen LogP contribution >= 0.6 is 0 Å². The van der Waals surface area contributed by atoms with E-state index in [9.17, 15) is 4.79 Å². The number of hydrogen-bond acceptors (Lipinski definition) is 5. The first-order chi connectivity index (χ1) is 11.4. The number of ether oxygens (including phenoxy) is 4. The Balaban J connectivity index is 2.23. The normalized spacial score (nSPS) is 11.0. The third-order valence-electron chi connectivity index (χ3n) is 3.40. The first-order valence-corrected chi connectivity index (χ1v) is 7.58. The number of carbonyl (C=O) groups excluding carboxylic acids is 1. The molecule has 0 bridgehead atoms. The van der Waals surface area contributed by atoms with Crippen LogP contribution < -0.4 is 9.47 Å². The van der Waals surface area contributed by atoms with Gasteiger partial charge in [-0.2, -0.15) is 0 Å². The van der Waals surface area contributed by atoms with E-state index in [1.165, 1.54) is 7.11 Å². The van der Waals surface area contributed by atoms with E-state index in [2.05, 4.69) is 0 Å². The van der Waals surface area contributed by atoms with Gasteiger partial charge < -0.3 is 18.9 Å². The minimum Gasteiger partial charge on any atom is -0.489 e. The minimum atomic E-state index is -0.828. The fourth-order valence-electron chi connectivity index (χ4n) is 2.02. The standard InChI is InChI=1S/C19H22O5/c1-19(2,22-4)24-17-11-15(18(20)21-3)10-16(12-17)23-13-14-8-6-5-7-9-14/h5-12H,13H2,1-4H3. The van der Waals surface area contributed by atoms with Crippen molar-refractivity contribution in [2.75, 3.05) is 14.2 Å². The summed E-state index contributed by atoms with van der Waals surface area (Å²) in [6.45, 7) is 3.95. The molecule has 0 unspecified atom stereocenters. The molecule has 0 atom stereocenters. The number of esters is 1. The number of benzene rings is 2. The van der Waals surface area contributed by atoms with Gasteiger partial charge in [0, 0.05) is 27.0 Å². The minimum absolute atomic E-state index is 0.352. The topological polar surface area (TPSA) is 54.0 Å². The molecule has 0 aliphatic heterocycles. The van der Waals surface area contributed by atoms with Crippen LogP contribution in [0.25, 0.3) is 0 Å². The molecule has 0 N–H and O–H groups in total. The van der Waals surface area contributed by atoms with Crippen LogP contribution in [0.1, 0.15) is 29.8 Å². The molecule has 5 heteroatoms. The zero-order valence-electron chi connectivity index (χ0n) is 14.4. The maximum Gasteiger partial charge on any atom is 0.338 e. The summed E-state index contributed by atoms with van der Waals surface area (Å²) in [7, 11) is 2.89. The molecular weight excluding hydrogens is 308 g/mol. The highest BCUT2D eigenvalue weighted by molar-refractivity contribution is 5.90. The van der Waals surface area contributed by atoms with Crippen molar-refractivity contribution in [3.8, 4) is 11.5 Å². The molecule has 0 aliphatic carbocycles. The highest BCUT2D eigenvalue weighted by atomic mass is 16.7. The molecule has 0 fully saturated rings. The smallest absolute Gasteiger partial charge is 0.338 e. The Labute approximate surface area is 142 Å². The van der Waals surface area contributed by atoms with Gasteiger partial charge in [0.05, 0.1) is 12.7 Å². The monoisotopic (exact) mass is 330 g/mol. The van der Waals surface area contributed by atoms with Gasteiger partial charge in [-0.05, 0) is 17.7 Å². The lowest BCUT2D eigenvalue weighted by molar-refractivity contribution is -0.134. The molecule has 24 heavy (non-hydrogen) atoms. The third-order valence-corrected chi connectivity index (χ3v) is 3.40. The molecule has 5 nitrogen and oxygen atoms in total. The van der Waals surface area contributed by atoms with Crippen LogP contribution in [-0.4, -0.2) is 26.0 Å². The Morgan fingerprint density at radius 3 is 2.29 bits per heavy atom. The van der Waals surface area contributed by atoms with Gasteiger partial charge in [-0.3, -0.25) is 0 Å². The lowest BCUT2D eigenvalue weighted by atomic mass is 10.2. The molecule has 0 aromatic heterocycles. The van der Waals surface area contributed by atoms with Crippen molar-refractivity contribution in [2.45, 2.75) is 26.2 Å². The predicted molar refractivity (Wildman–Crippen MR) is 90.3 cm³/mol. The van der Waals surface area contributed by atoms with Gasteiger partial charge in [-0.15, -0.1) is 0 Å². The maximum absolute atomic E-state index is 11.9. The van der Waals surface area contributed by atoms with Gasteiger partial charge in [-0.1, -0.05) is 30.3 Å². The summed E-state index contributed by atoms with van der Waals surface area (Å²) in [5, 5.41) is 0. The van der Waals surface area contributed by atoms with Crippen LogP contribution in [0.15, 0.2) is 48.5 Å². The summed E-state index contributed by atoms with van der Waals surface area (Å²) in [4.78, 5) is 11.9. The van der Waals surface area contributed by atoms with Gasteiger partial charge in [0.25, 0.3) is 0 Å². The van der Waals surface area contributed by atoms with Gasteiger partial charge in [0.2, 0.25) is 5.79 Å². The number of methoxy groups -OCH3 is 2. The van der Waals surface area contributed by atoms with Gasteiger partial charge in [0.15, 0.2) is 0 Å². The SMILES string of the molecule is COC(=O)c1cc(OCc2ccccc2)cc(OC(C)(C)OC)c1. The van der Waals surface area contributed by atoms with E-state index in [4.69, 9.17) is 18.9 Å². The zero-order valence-corrected chi connectivity index (χ0v) is 14.4. The number of carbonyl (C=O) groups is 1. The summed E-state index contributed by atoms with van der Waals surface area (Å²) in [6.07, 6.45) is 0. The lowest BCUT2D eigenvalue weighted by Crippen LogP contribution is -2.30. The van der Waals surface area contributed by atoms with Crippen LogP contribution in [0.5, 0.6) is 11.5 Å². The van der Waals surface area contributed by atoms with E-state index in [1.807, 2.05) is 30.3 Å². The molecule has 0 saturated heterocycles. The zero-order chi connectivity index (χ0) is 17.6. The Bertz CT molecular complexity index is 679. The first kappa shape index (κ1) is 17.8. The molecule has 0 heterocycles. The quantitative estimate of drug-likeness (QED) is 0.571. The first-order valence-electron chi connectivity index (χ1n) is 7.58. The summed E-state index contributed by atoms with van der Waals surface area (Å²) in [6, 6.07) is 14.7. The summed E-state index contributed by atoms with van der Waals surface area (Å²) in [5.41, 5.74) is 1.38. The molecule has 0 radical (unpaired) electrons. The van der Waals surface area contributed by atoms with E-state index >= 15 is 0 Å². The summed E-state index contributed by atoms with van der Waals surface area (Å²) < 4.78 is 21.6. The van der Waals surface area contributed by atoms with Crippen molar-refractivity contribution < 1.29 is 23.7 Å². The molecule has 2 aromatic carbocycles. The number of hydrogen-bond donors (Lipinski definition) is 0. The molecule has 2 aromatic rings. The Kier molecular flexibility index (Phi) is 5.82. The largest absolute Gasteiger partial charge is 0.489 e. The third kappa shape index (κ3) is 4.99. The second kappa shape index (κ2) is 7.84. The van der Waals surface area contributed by atoms with Crippen molar-refractivity contribution >= 4 is 5.97 Å². The molecule has 0 amide bonds. The highest BCUT2D eigenvalue weighted by Crippen LogP contribution is 2.27. The second-order valence-electron chi connectivity index (χ2n) is 5.66. The van der Waals surface area contributed by atoms with Crippen molar-refractivity contribution in [1.29, 1.82) is 0 Å². The van der Waals surface area contributed by atoms with Crippen molar-refractivity contribution in [3.05, 3.63) is 59.7 Å². The molecule has 128 valence electrons. The van der Waals surface area contributed by atoms with E-state index in [0.29, 0.717) is 23.7 Å². The Morgan fingerprint density at radius 2 is 1.67 bits per heavy atom. The summed E-state index contributed by atoms with van der Waals surface area (Å²) in [5.74, 6) is -0.303. The van der Waals surface area contributed by atoms with Crippen LogP contribution in [0.2, 0.25) is 0 Å². The Morgan fingerprint density at radius 1 is 1.00 bits per heavy atom. The van der Waals surface area contributed by atoms with Crippen LogP contribution in [0.3, 0.4) is 0 Å². The van der Waals surface area contributed by atoms with Gasteiger partial charge in [-0.25, -0.2) is 4.79 Å². The van der Waals surface area contributed by atoms with Crippen LogP contribution in [-0.2, 0) is 16.1 Å². The van der Waals surface area contributed by atoms with Crippen molar-refractivity contribution in [3.63, 3.8) is 0 Å². The van der Waals surface area contributed by atoms with E-state index in [1.54, 1.807) is 39.2 Å². The fourth-order valence-corrected chi connectivity index (χ4v) is 2.02. The molecule has 2 rings (SSSR count). The number of rotatable bonds is 7. The van der Waals surface area contributed by atoms with Crippen molar-refractivity contribution in [1.82, 2.24) is 0 Å². The predicted octanol–water partition coefficient (Wildman–Crippen LogP) is 3.81.